The minimum absolute atomic E-state index is 0.00916. The Hall–Kier alpha value is -1.73. The second kappa shape index (κ2) is 5.94. The second-order valence-electron chi connectivity index (χ2n) is 4.56. The van der Waals surface area contributed by atoms with Gasteiger partial charge in [0.2, 0.25) is 0 Å². The molecule has 19 heavy (non-hydrogen) atoms. The van der Waals surface area contributed by atoms with E-state index in [1.54, 1.807) is 19.2 Å². The van der Waals surface area contributed by atoms with Crippen LogP contribution in [0.1, 0.15) is 23.3 Å². The molecule has 2 heterocycles. The van der Waals surface area contributed by atoms with Gasteiger partial charge in [-0.25, -0.2) is 0 Å². The highest BCUT2D eigenvalue weighted by molar-refractivity contribution is 5.91. The van der Waals surface area contributed by atoms with Crippen LogP contribution >= 0.6 is 0 Å². The highest BCUT2D eigenvalue weighted by Crippen LogP contribution is 2.24. The van der Waals surface area contributed by atoms with E-state index in [2.05, 4.69) is 20.8 Å². The molecule has 0 aliphatic carbocycles. The molecule has 0 spiro atoms. The summed E-state index contributed by atoms with van der Waals surface area (Å²) >= 11 is 0. The van der Waals surface area contributed by atoms with Gasteiger partial charge in [-0.2, -0.15) is 0 Å². The fourth-order valence-electron chi connectivity index (χ4n) is 2.00. The van der Waals surface area contributed by atoms with Crippen molar-refractivity contribution in [1.29, 1.82) is 0 Å². The molecule has 1 aliphatic heterocycles. The SMILES string of the molecule is CNC(=O)c1ccc(NC2(CO)CCOCC2)nn1. The predicted octanol–water partition coefficient (Wildman–Crippen LogP) is -0.210. The van der Waals surface area contributed by atoms with Crippen molar-refractivity contribution in [2.24, 2.45) is 0 Å². The third-order valence-corrected chi connectivity index (χ3v) is 3.27. The lowest BCUT2D eigenvalue weighted by molar-refractivity contribution is 0.0378. The lowest BCUT2D eigenvalue weighted by Gasteiger charge is -2.36. The third-order valence-electron chi connectivity index (χ3n) is 3.27. The molecule has 1 fully saturated rings. The Bertz CT molecular complexity index is 429. The van der Waals surface area contributed by atoms with Crippen LogP contribution < -0.4 is 10.6 Å². The van der Waals surface area contributed by atoms with Crippen molar-refractivity contribution >= 4 is 11.7 Å². The topological polar surface area (TPSA) is 96.4 Å². The lowest BCUT2D eigenvalue weighted by Crippen LogP contribution is -2.47. The summed E-state index contributed by atoms with van der Waals surface area (Å²) in [5, 5.41) is 23.0. The van der Waals surface area contributed by atoms with Crippen LogP contribution in [-0.2, 0) is 4.74 Å². The zero-order chi connectivity index (χ0) is 13.7. The van der Waals surface area contributed by atoms with Crippen LogP contribution in [0.3, 0.4) is 0 Å². The molecule has 2 rings (SSSR count). The maximum atomic E-state index is 11.3. The Labute approximate surface area is 111 Å². The Kier molecular flexibility index (Phi) is 4.28. The summed E-state index contributed by atoms with van der Waals surface area (Å²) in [6.07, 6.45) is 1.42. The first kappa shape index (κ1) is 13.7. The van der Waals surface area contributed by atoms with Gasteiger partial charge < -0.3 is 20.5 Å². The number of hydrogen-bond donors (Lipinski definition) is 3. The Balaban J connectivity index is 2.07. The molecule has 1 aliphatic rings. The summed E-state index contributed by atoms with van der Waals surface area (Å²) in [4.78, 5) is 11.3. The number of anilines is 1. The van der Waals surface area contributed by atoms with Crippen LogP contribution in [0, 0.1) is 0 Å². The number of ether oxygens (including phenoxy) is 1. The Morgan fingerprint density at radius 1 is 1.42 bits per heavy atom. The standard InChI is InChI=1S/C12H18N4O3/c1-13-11(18)9-2-3-10(16-15-9)14-12(8-17)4-6-19-7-5-12/h2-3,17H,4-8H2,1H3,(H,13,18)(H,14,16). The summed E-state index contributed by atoms with van der Waals surface area (Å²) < 4.78 is 5.29. The average Bonchev–Trinajstić information content (AvgIpc) is 2.48. The van der Waals surface area contributed by atoms with Crippen molar-refractivity contribution in [3.8, 4) is 0 Å². The minimum Gasteiger partial charge on any atom is -0.394 e. The largest absolute Gasteiger partial charge is 0.394 e. The zero-order valence-corrected chi connectivity index (χ0v) is 10.8. The van der Waals surface area contributed by atoms with Crippen molar-refractivity contribution in [1.82, 2.24) is 15.5 Å². The number of nitrogens with zero attached hydrogens (tertiary/aromatic N) is 2. The van der Waals surface area contributed by atoms with Gasteiger partial charge in [0.1, 0.15) is 5.82 Å². The molecule has 0 radical (unpaired) electrons. The molecule has 0 atom stereocenters. The molecule has 3 N–H and O–H groups in total. The quantitative estimate of drug-likeness (QED) is 0.698. The first-order valence-corrected chi connectivity index (χ1v) is 6.22. The highest BCUT2D eigenvalue weighted by Gasteiger charge is 2.32. The van der Waals surface area contributed by atoms with Crippen molar-refractivity contribution in [3.05, 3.63) is 17.8 Å². The average molecular weight is 266 g/mol. The van der Waals surface area contributed by atoms with E-state index in [4.69, 9.17) is 4.74 Å². The number of carbonyl (C=O) groups is 1. The second-order valence-corrected chi connectivity index (χ2v) is 4.56. The molecule has 7 heteroatoms. The lowest BCUT2D eigenvalue weighted by atomic mass is 9.91. The van der Waals surface area contributed by atoms with Gasteiger partial charge in [-0.3, -0.25) is 4.79 Å². The van der Waals surface area contributed by atoms with Crippen LogP contribution in [0.25, 0.3) is 0 Å². The van der Waals surface area contributed by atoms with E-state index in [1.165, 1.54) is 0 Å². The molecule has 0 saturated carbocycles. The number of nitrogens with one attached hydrogen (secondary N) is 2. The molecular weight excluding hydrogens is 248 g/mol. The van der Waals surface area contributed by atoms with Crippen LogP contribution in [0.4, 0.5) is 5.82 Å². The van der Waals surface area contributed by atoms with Crippen LogP contribution in [0.15, 0.2) is 12.1 Å². The monoisotopic (exact) mass is 266 g/mol. The van der Waals surface area contributed by atoms with Crippen LogP contribution in [0.5, 0.6) is 0 Å². The van der Waals surface area contributed by atoms with Gasteiger partial charge in [-0.05, 0) is 25.0 Å². The van der Waals surface area contributed by atoms with Gasteiger partial charge in [-0.15, -0.1) is 10.2 Å². The van der Waals surface area contributed by atoms with E-state index >= 15 is 0 Å². The predicted molar refractivity (Wildman–Crippen MR) is 68.9 cm³/mol. The van der Waals surface area contributed by atoms with Crippen LogP contribution in [0.2, 0.25) is 0 Å². The molecule has 7 nitrogen and oxygen atoms in total. The maximum Gasteiger partial charge on any atom is 0.271 e. The molecule has 0 unspecified atom stereocenters. The molecule has 0 bridgehead atoms. The molecule has 1 amide bonds. The Morgan fingerprint density at radius 3 is 2.68 bits per heavy atom. The number of aliphatic hydroxyl groups excluding tert-OH is 1. The van der Waals surface area contributed by atoms with Crippen LogP contribution in [-0.4, -0.2) is 53.6 Å². The normalized spacial score (nSPS) is 17.8. The number of rotatable bonds is 4. The summed E-state index contributed by atoms with van der Waals surface area (Å²) in [6, 6.07) is 3.28. The number of carbonyl (C=O) groups excluding carboxylic acids is 1. The highest BCUT2D eigenvalue weighted by atomic mass is 16.5. The minimum atomic E-state index is -0.415. The van der Waals surface area contributed by atoms with E-state index in [0.717, 1.165) is 0 Å². The molecule has 1 saturated heterocycles. The van der Waals surface area contributed by atoms with E-state index in [1.807, 2.05) is 0 Å². The number of aliphatic hydroxyl groups is 1. The van der Waals surface area contributed by atoms with Gasteiger partial charge in [0.15, 0.2) is 5.69 Å². The number of amides is 1. The van der Waals surface area contributed by atoms with Gasteiger partial charge in [-0.1, -0.05) is 0 Å². The molecule has 0 aromatic carbocycles. The van der Waals surface area contributed by atoms with Crippen molar-refractivity contribution < 1.29 is 14.6 Å². The molecule has 1 aromatic rings. The number of hydrogen-bond acceptors (Lipinski definition) is 6. The zero-order valence-electron chi connectivity index (χ0n) is 10.8. The first-order chi connectivity index (χ1) is 9.19. The summed E-state index contributed by atoms with van der Waals surface area (Å²) in [5.74, 6) is 0.269. The third kappa shape index (κ3) is 3.18. The van der Waals surface area contributed by atoms with Crippen molar-refractivity contribution in [2.75, 3.05) is 32.2 Å². The van der Waals surface area contributed by atoms with Crippen molar-refractivity contribution in [2.45, 2.75) is 18.4 Å². The van der Waals surface area contributed by atoms with Gasteiger partial charge in [0.05, 0.1) is 12.1 Å². The summed E-state index contributed by atoms with van der Waals surface area (Å²) in [5.41, 5.74) is -0.153. The van der Waals surface area contributed by atoms with Gasteiger partial charge in [0, 0.05) is 20.3 Å². The fourth-order valence-corrected chi connectivity index (χ4v) is 2.00. The molecular formula is C12H18N4O3. The van der Waals surface area contributed by atoms with Crippen molar-refractivity contribution in [3.63, 3.8) is 0 Å². The number of aromatic nitrogens is 2. The molecule has 1 aromatic heterocycles. The molecule has 104 valence electrons. The summed E-state index contributed by atoms with van der Waals surface area (Å²) in [6.45, 7) is 1.23. The Morgan fingerprint density at radius 2 is 2.16 bits per heavy atom. The summed E-state index contributed by atoms with van der Waals surface area (Å²) in [7, 11) is 1.54. The van der Waals surface area contributed by atoms with Gasteiger partial charge in [0.25, 0.3) is 5.91 Å². The first-order valence-electron chi connectivity index (χ1n) is 6.22. The van der Waals surface area contributed by atoms with Gasteiger partial charge >= 0.3 is 0 Å². The fraction of sp³-hybridized carbons (Fsp3) is 0.583. The maximum absolute atomic E-state index is 11.3. The van der Waals surface area contributed by atoms with E-state index in [-0.39, 0.29) is 18.2 Å². The van der Waals surface area contributed by atoms with E-state index in [0.29, 0.717) is 31.9 Å². The van der Waals surface area contributed by atoms with E-state index < -0.39 is 5.54 Å². The van der Waals surface area contributed by atoms with E-state index in [9.17, 15) is 9.90 Å². The smallest absolute Gasteiger partial charge is 0.271 e.